The van der Waals surface area contributed by atoms with E-state index in [4.69, 9.17) is 4.74 Å². The molecule has 2 aromatic carbocycles. The third-order valence-electron chi connectivity index (χ3n) is 6.40. The second kappa shape index (κ2) is 9.27. The summed E-state index contributed by atoms with van der Waals surface area (Å²) in [5, 5.41) is 0. The fourth-order valence-electron chi connectivity index (χ4n) is 4.44. The van der Waals surface area contributed by atoms with Gasteiger partial charge in [-0.1, -0.05) is 13.3 Å². The smallest absolute Gasteiger partial charge is 0.258 e. The first-order valence-electron chi connectivity index (χ1n) is 11.3. The number of carbonyl (C=O) groups excluding carboxylic acids is 1. The summed E-state index contributed by atoms with van der Waals surface area (Å²) in [4.78, 5) is 19.1. The molecule has 166 valence electrons. The number of amides is 1. The summed E-state index contributed by atoms with van der Waals surface area (Å²) in [5.41, 5.74) is 2.90. The zero-order valence-corrected chi connectivity index (χ0v) is 18.7. The van der Waals surface area contributed by atoms with Gasteiger partial charge in [-0.05, 0) is 75.3 Å². The van der Waals surface area contributed by atoms with Crippen LogP contribution in [-0.2, 0) is 6.42 Å². The molecule has 0 saturated carbocycles. The van der Waals surface area contributed by atoms with Crippen molar-refractivity contribution in [1.29, 1.82) is 0 Å². The summed E-state index contributed by atoms with van der Waals surface area (Å²) < 4.78 is 20.8. The lowest BCUT2D eigenvalue weighted by atomic mass is 9.98. The summed E-state index contributed by atoms with van der Waals surface area (Å²) in [6, 6.07) is 11.3. The Balaban J connectivity index is 1.48. The molecular weight excluding hydrogens is 393 g/mol. The molecule has 1 saturated heterocycles. The first-order chi connectivity index (χ1) is 15.0. The van der Waals surface area contributed by atoms with E-state index in [0.29, 0.717) is 36.1 Å². The summed E-state index contributed by atoms with van der Waals surface area (Å²) >= 11 is 0. The maximum absolute atomic E-state index is 15.0. The standard InChI is InChI=1S/C25H32FN3O2/c1-4-5-14-31-21-7-8-22-18(15-21)10-13-29(25(22)30)19-6-9-24(23(26)16-19)28-12-11-20(17-28)27(2)3/h6-9,15-16,20H,4-5,10-14,17H2,1-3H3. The minimum Gasteiger partial charge on any atom is -0.494 e. The molecule has 0 radical (unpaired) electrons. The predicted octanol–water partition coefficient (Wildman–Crippen LogP) is 4.35. The van der Waals surface area contributed by atoms with Crippen LogP contribution in [0, 0.1) is 5.82 Å². The van der Waals surface area contributed by atoms with Crippen molar-refractivity contribution in [2.24, 2.45) is 0 Å². The number of halogens is 1. The fourth-order valence-corrected chi connectivity index (χ4v) is 4.44. The van der Waals surface area contributed by atoms with Crippen molar-refractivity contribution in [1.82, 2.24) is 4.90 Å². The number of hydrogen-bond donors (Lipinski definition) is 0. The molecule has 1 unspecified atom stereocenters. The van der Waals surface area contributed by atoms with Gasteiger partial charge in [-0.2, -0.15) is 0 Å². The van der Waals surface area contributed by atoms with Crippen molar-refractivity contribution in [3.63, 3.8) is 0 Å². The van der Waals surface area contributed by atoms with Gasteiger partial charge in [0, 0.05) is 36.9 Å². The van der Waals surface area contributed by atoms with E-state index in [1.54, 1.807) is 4.90 Å². The van der Waals surface area contributed by atoms with Crippen LogP contribution in [0.15, 0.2) is 36.4 Å². The van der Waals surface area contributed by atoms with Gasteiger partial charge in [0.25, 0.3) is 5.91 Å². The fraction of sp³-hybridized carbons (Fsp3) is 0.480. The monoisotopic (exact) mass is 425 g/mol. The number of fused-ring (bicyclic) bond motifs is 1. The lowest BCUT2D eigenvalue weighted by Crippen LogP contribution is -2.37. The van der Waals surface area contributed by atoms with Crippen molar-refractivity contribution in [2.45, 2.75) is 38.6 Å². The van der Waals surface area contributed by atoms with Crippen molar-refractivity contribution < 1.29 is 13.9 Å². The lowest BCUT2D eigenvalue weighted by molar-refractivity contribution is 0.0980. The molecule has 0 spiro atoms. The number of likely N-dealkylation sites (N-methyl/N-ethyl adjacent to an activating group) is 1. The average molecular weight is 426 g/mol. The van der Waals surface area contributed by atoms with Crippen molar-refractivity contribution >= 4 is 17.3 Å². The van der Waals surface area contributed by atoms with Gasteiger partial charge in [0.05, 0.1) is 12.3 Å². The van der Waals surface area contributed by atoms with E-state index >= 15 is 0 Å². The summed E-state index contributed by atoms with van der Waals surface area (Å²) in [6.07, 6.45) is 3.85. The van der Waals surface area contributed by atoms with Crippen LogP contribution >= 0.6 is 0 Å². The van der Waals surface area contributed by atoms with Crippen LogP contribution in [0.4, 0.5) is 15.8 Å². The Morgan fingerprint density at radius 1 is 1.16 bits per heavy atom. The highest BCUT2D eigenvalue weighted by Crippen LogP contribution is 2.32. The number of hydrogen-bond acceptors (Lipinski definition) is 4. The number of ether oxygens (including phenoxy) is 1. The largest absolute Gasteiger partial charge is 0.494 e. The van der Waals surface area contributed by atoms with E-state index < -0.39 is 0 Å². The Labute approximate surface area is 184 Å². The van der Waals surface area contributed by atoms with Crippen LogP contribution in [0.3, 0.4) is 0 Å². The second-order valence-corrected chi connectivity index (χ2v) is 8.72. The zero-order valence-electron chi connectivity index (χ0n) is 18.7. The van der Waals surface area contributed by atoms with Gasteiger partial charge >= 0.3 is 0 Å². The Bertz CT molecular complexity index is 946. The van der Waals surface area contributed by atoms with Gasteiger partial charge in [0.2, 0.25) is 0 Å². The van der Waals surface area contributed by atoms with Crippen molar-refractivity contribution in [3.8, 4) is 5.75 Å². The number of rotatable bonds is 7. The Kier molecular flexibility index (Phi) is 6.46. The number of unbranched alkanes of at least 4 members (excludes halogenated alkanes) is 1. The Morgan fingerprint density at radius 2 is 2.00 bits per heavy atom. The third-order valence-corrected chi connectivity index (χ3v) is 6.40. The van der Waals surface area contributed by atoms with E-state index in [1.807, 2.05) is 30.3 Å². The van der Waals surface area contributed by atoms with E-state index in [1.165, 1.54) is 6.07 Å². The van der Waals surface area contributed by atoms with Crippen LogP contribution in [0.25, 0.3) is 0 Å². The van der Waals surface area contributed by atoms with Gasteiger partial charge in [0.1, 0.15) is 11.6 Å². The highest BCUT2D eigenvalue weighted by molar-refractivity contribution is 6.08. The Hall–Kier alpha value is -2.60. The molecule has 1 atom stereocenters. The molecule has 2 heterocycles. The normalized spacial score (nSPS) is 18.6. The van der Waals surface area contributed by atoms with Crippen LogP contribution in [-0.4, -0.2) is 57.2 Å². The average Bonchev–Trinajstić information content (AvgIpc) is 3.24. The number of benzene rings is 2. The van der Waals surface area contributed by atoms with E-state index in [2.05, 4.69) is 30.8 Å². The van der Waals surface area contributed by atoms with Gasteiger partial charge in [0.15, 0.2) is 0 Å². The second-order valence-electron chi connectivity index (χ2n) is 8.72. The quantitative estimate of drug-likeness (QED) is 0.618. The van der Waals surface area contributed by atoms with E-state index in [0.717, 1.165) is 50.1 Å². The number of anilines is 2. The lowest BCUT2D eigenvalue weighted by Gasteiger charge is -2.30. The molecule has 0 aromatic heterocycles. The molecule has 0 N–H and O–H groups in total. The molecule has 1 fully saturated rings. The maximum Gasteiger partial charge on any atom is 0.258 e. The summed E-state index contributed by atoms with van der Waals surface area (Å²) in [5.74, 6) is 0.461. The molecule has 6 heteroatoms. The molecule has 0 aliphatic carbocycles. The molecule has 0 bridgehead atoms. The summed E-state index contributed by atoms with van der Waals surface area (Å²) in [6.45, 7) is 5.02. The molecule has 5 nitrogen and oxygen atoms in total. The number of carbonyl (C=O) groups is 1. The first kappa shape index (κ1) is 21.6. The predicted molar refractivity (Wildman–Crippen MR) is 123 cm³/mol. The van der Waals surface area contributed by atoms with Crippen LogP contribution in [0.5, 0.6) is 5.75 Å². The van der Waals surface area contributed by atoms with Gasteiger partial charge < -0.3 is 19.4 Å². The summed E-state index contributed by atoms with van der Waals surface area (Å²) in [7, 11) is 4.13. The molecule has 2 aromatic rings. The van der Waals surface area contributed by atoms with Gasteiger partial charge in [-0.3, -0.25) is 4.79 Å². The van der Waals surface area contributed by atoms with E-state index in [-0.39, 0.29) is 11.7 Å². The van der Waals surface area contributed by atoms with Crippen molar-refractivity contribution in [3.05, 3.63) is 53.3 Å². The van der Waals surface area contributed by atoms with E-state index in [9.17, 15) is 9.18 Å². The van der Waals surface area contributed by atoms with Gasteiger partial charge in [-0.25, -0.2) is 4.39 Å². The van der Waals surface area contributed by atoms with Crippen molar-refractivity contribution in [2.75, 3.05) is 50.1 Å². The first-order valence-corrected chi connectivity index (χ1v) is 11.3. The molecule has 2 aliphatic heterocycles. The molecule has 31 heavy (non-hydrogen) atoms. The maximum atomic E-state index is 15.0. The minimum absolute atomic E-state index is 0.0812. The SMILES string of the molecule is CCCCOc1ccc2c(c1)CCN(c1ccc(N3CCC(N(C)C)C3)c(F)c1)C2=O. The van der Waals surface area contributed by atoms with Crippen LogP contribution < -0.4 is 14.5 Å². The molecule has 1 amide bonds. The van der Waals surface area contributed by atoms with Crippen LogP contribution in [0.2, 0.25) is 0 Å². The third kappa shape index (κ3) is 4.54. The highest BCUT2D eigenvalue weighted by atomic mass is 19.1. The van der Waals surface area contributed by atoms with Crippen LogP contribution in [0.1, 0.15) is 42.1 Å². The highest BCUT2D eigenvalue weighted by Gasteiger charge is 2.29. The molecule has 4 rings (SSSR count). The number of nitrogens with zero attached hydrogens (tertiary/aromatic N) is 3. The topological polar surface area (TPSA) is 36.0 Å². The molecular formula is C25H32FN3O2. The molecule has 2 aliphatic rings. The zero-order chi connectivity index (χ0) is 22.0. The Morgan fingerprint density at radius 3 is 2.71 bits per heavy atom. The minimum atomic E-state index is -0.268. The van der Waals surface area contributed by atoms with Gasteiger partial charge in [-0.15, -0.1) is 0 Å².